The monoisotopic (exact) mass is 329 g/mol. The normalized spacial score (nSPS) is 15.5. The van der Waals surface area contributed by atoms with Crippen LogP contribution in [0.25, 0.3) is 11.1 Å². The highest BCUT2D eigenvalue weighted by atomic mass is 32.2. The summed E-state index contributed by atoms with van der Waals surface area (Å²) in [5.74, 6) is 0.890. The molecular formula is C20H16BNOS. The van der Waals surface area contributed by atoms with Gasteiger partial charge in [0.25, 0.3) is 0 Å². The third-order valence-corrected chi connectivity index (χ3v) is 4.90. The van der Waals surface area contributed by atoms with Crippen LogP contribution in [-0.2, 0) is 0 Å². The van der Waals surface area contributed by atoms with Gasteiger partial charge in [-0.15, -0.1) is 11.8 Å². The van der Waals surface area contributed by atoms with Crippen molar-refractivity contribution in [2.45, 2.75) is 11.1 Å². The van der Waals surface area contributed by atoms with Crippen molar-refractivity contribution in [2.75, 3.05) is 11.6 Å². The van der Waals surface area contributed by atoms with E-state index < -0.39 is 0 Å². The Morgan fingerprint density at radius 1 is 0.958 bits per heavy atom. The predicted octanol–water partition coefficient (Wildman–Crippen LogP) is 4.37. The number of thioether (sulfide) groups is 1. The number of nitrogens with one attached hydrogen (secondary N) is 1. The van der Waals surface area contributed by atoms with Crippen molar-refractivity contribution < 1.29 is 4.74 Å². The summed E-state index contributed by atoms with van der Waals surface area (Å²) in [5.41, 5.74) is 5.11. The summed E-state index contributed by atoms with van der Waals surface area (Å²) in [6.45, 7) is 0. The smallest absolute Gasteiger partial charge is 0.196 e. The molecular weight excluding hydrogens is 313 g/mol. The van der Waals surface area contributed by atoms with Gasteiger partial charge in [0.15, 0.2) is 6.23 Å². The third-order valence-electron chi connectivity index (χ3n) is 4.18. The molecule has 0 spiro atoms. The van der Waals surface area contributed by atoms with E-state index in [0.29, 0.717) is 0 Å². The summed E-state index contributed by atoms with van der Waals surface area (Å²) in [4.78, 5) is 1.18. The lowest BCUT2D eigenvalue weighted by atomic mass is 9.95. The summed E-state index contributed by atoms with van der Waals surface area (Å²) in [7, 11) is 5.81. The first-order chi connectivity index (χ1) is 11.7. The number of ether oxygens (including phenoxy) is 1. The van der Waals surface area contributed by atoms with E-state index in [1.54, 1.807) is 11.8 Å². The van der Waals surface area contributed by atoms with E-state index in [9.17, 15) is 0 Å². The lowest BCUT2D eigenvalue weighted by Gasteiger charge is -2.20. The quantitative estimate of drug-likeness (QED) is 0.557. The van der Waals surface area contributed by atoms with Crippen LogP contribution < -0.4 is 15.5 Å². The van der Waals surface area contributed by atoms with Gasteiger partial charge in [-0.1, -0.05) is 47.9 Å². The van der Waals surface area contributed by atoms with Crippen molar-refractivity contribution in [3.05, 3.63) is 72.3 Å². The second-order valence-electron chi connectivity index (χ2n) is 5.72. The third kappa shape index (κ3) is 2.78. The molecule has 2 nitrogen and oxygen atoms in total. The van der Waals surface area contributed by atoms with Gasteiger partial charge in [-0.2, -0.15) is 0 Å². The van der Waals surface area contributed by atoms with Crippen molar-refractivity contribution in [1.29, 1.82) is 0 Å². The van der Waals surface area contributed by atoms with Gasteiger partial charge >= 0.3 is 0 Å². The first kappa shape index (κ1) is 15.2. The van der Waals surface area contributed by atoms with E-state index in [2.05, 4.69) is 48.0 Å². The number of anilines is 1. The van der Waals surface area contributed by atoms with Crippen LogP contribution in [0.3, 0.4) is 0 Å². The second kappa shape index (κ2) is 6.29. The zero-order valence-electron chi connectivity index (χ0n) is 13.3. The van der Waals surface area contributed by atoms with Gasteiger partial charge in [0.1, 0.15) is 13.6 Å². The molecule has 4 rings (SSSR count). The molecule has 0 aliphatic carbocycles. The SMILES string of the molecule is [B]c1ccc(C2Nc3ccccc3-c3ccc(SC)cc3O2)cc1. The summed E-state index contributed by atoms with van der Waals surface area (Å²) in [5, 5.41) is 3.51. The lowest BCUT2D eigenvalue weighted by molar-refractivity contribution is 0.238. The molecule has 0 saturated carbocycles. The van der Waals surface area contributed by atoms with Crippen LogP contribution in [0.15, 0.2) is 71.6 Å². The highest BCUT2D eigenvalue weighted by molar-refractivity contribution is 7.98. The first-order valence-electron chi connectivity index (χ1n) is 7.80. The van der Waals surface area contributed by atoms with Gasteiger partial charge < -0.3 is 10.1 Å². The molecule has 4 heteroatoms. The first-order valence-corrected chi connectivity index (χ1v) is 9.03. The largest absolute Gasteiger partial charge is 0.466 e. The molecule has 1 unspecified atom stereocenters. The van der Waals surface area contributed by atoms with Crippen LogP contribution in [-0.4, -0.2) is 14.1 Å². The van der Waals surface area contributed by atoms with Crippen LogP contribution in [0.2, 0.25) is 0 Å². The van der Waals surface area contributed by atoms with Crippen molar-refractivity contribution >= 4 is 30.8 Å². The Morgan fingerprint density at radius 3 is 2.54 bits per heavy atom. The fourth-order valence-electron chi connectivity index (χ4n) is 2.91. The van der Waals surface area contributed by atoms with Crippen molar-refractivity contribution in [3.8, 4) is 16.9 Å². The second-order valence-corrected chi connectivity index (χ2v) is 6.60. The van der Waals surface area contributed by atoms with Crippen molar-refractivity contribution in [2.24, 2.45) is 0 Å². The Kier molecular flexibility index (Phi) is 3.99. The molecule has 3 aromatic carbocycles. The van der Waals surface area contributed by atoms with E-state index >= 15 is 0 Å². The Morgan fingerprint density at radius 2 is 1.75 bits per heavy atom. The molecule has 24 heavy (non-hydrogen) atoms. The molecule has 0 saturated heterocycles. The lowest BCUT2D eigenvalue weighted by Crippen LogP contribution is -2.17. The molecule has 3 aromatic rings. The van der Waals surface area contributed by atoms with Gasteiger partial charge in [-0.3, -0.25) is 0 Å². The molecule has 2 radical (unpaired) electrons. The zero-order chi connectivity index (χ0) is 16.5. The number of hydrogen-bond donors (Lipinski definition) is 1. The fraction of sp³-hybridized carbons (Fsp3) is 0.100. The Balaban J connectivity index is 1.85. The highest BCUT2D eigenvalue weighted by Gasteiger charge is 2.22. The standard InChI is InChI=1S/C20H16BNOS/c1-24-15-10-11-17-16-4-2-3-5-18(16)22-20(23-19(17)12-15)13-6-8-14(21)9-7-13/h2-12,20,22H,1H3. The molecule has 0 aromatic heterocycles. The Bertz CT molecular complexity index is 879. The van der Waals surface area contributed by atoms with Crippen LogP contribution in [0.1, 0.15) is 11.8 Å². The summed E-state index contributed by atoms with van der Waals surface area (Å²) in [6, 6.07) is 22.5. The molecule has 1 aliphatic heterocycles. The summed E-state index contributed by atoms with van der Waals surface area (Å²) < 4.78 is 6.34. The van der Waals surface area contributed by atoms with E-state index in [0.717, 1.165) is 33.6 Å². The van der Waals surface area contributed by atoms with Crippen LogP contribution in [0, 0.1) is 0 Å². The van der Waals surface area contributed by atoms with E-state index in [-0.39, 0.29) is 6.23 Å². The molecule has 1 aliphatic rings. The fourth-order valence-corrected chi connectivity index (χ4v) is 3.34. The van der Waals surface area contributed by atoms with E-state index in [4.69, 9.17) is 12.6 Å². The predicted molar refractivity (Wildman–Crippen MR) is 102 cm³/mol. The number of fused-ring (bicyclic) bond motifs is 3. The van der Waals surface area contributed by atoms with Crippen LogP contribution in [0.5, 0.6) is 5.75 Å². The molecule has 116 valence electrons. The van der Waals surface area contributed by atoms with Crippen LogP contribution >= 0.6 is 11.8 Å². The zero-order valence-corrected chi connectivity index (χ0v) is 14.1. The average molecular weight is 329 g/mol. The average Bonchev–Trinajstić information content (AvgIpc) is 2.78. The minimum absolute atomic E-state index is 0.259. The van der Waals surface area contributed by atoms with Gasteiger partial charge in [0.05, 0.1) is 0 Å². The summed E-state index contributed by atoms with van der Waals surface area (Å²) >= 11 is 1.71. The van der Waals surface area contributed by atoms with Gasteiger partial charge in [-0.25, -0.2) is 0 Å². The Hall–Kier alpha value is -2.33. The number of hydrogen-bond acceptors (Lipinski definition) is 3. The van der Waals surface area contributed by atoms with Gasteiger partial charge in [0, 0.05) is 27.3 Å². The molecule has 1 N–H and O–H groups in total. The molecule has 0 fully saturated rings. The van der Waals surface area contributed by atoms with E-state index in [1.165, 1.54) is 4.90 Å². The summed E-state index contributed by atoms with van der Waals surface area (Å²) in [6.07, 6.45) is 1.81. The number of para-hydroxylation sites is 1. The van der Waals surface area contributed by atoms with E-state index in [1.807, 2.05) is 30.3 Å². The van der Waals surface area contributed by atoms with Gasteiger partial charge in [0.2, 0.25) is 0 Å². The maximum absolute atomic E-state index is 6.34. The molecule has 0 bridgehead atoms. The Labute approximate surface area is 147 Å². The molecule has 1 atom stereocenters. The molecule has 0 amide bonds. The minimum atomic E-state index is -0.259. The topological polar surface area (TPSA) is 21.3 Å². The highest BCUT2D eigenvalue weighted by Crippen LogP contribution is 2.42. The molecule has 1 heterocycles. The number of benzene rings is 3. The maximum Gasteiger partial charge on any atom is 0.196 e. The van der Waals surface area contributed by atoms with Crippen LogP contribution in [0.4, 0.5) is 5.69 Å². The number of rotatable bonds is 2. The van der Waals surface area contributed by atoms with Gasteiger partial charge in [-0.05, 0) is 30.5 Å². The maximum atomic E-state index is 6.34. The van der Waals surface area contributed by atoms with Crippen molar-refractivity contribution in [3.63, 3.8) is 0 Å². The minimum Gasteiger partial charge on any atom is -0.466 e. The van der Waals surface area contributed by atoms with Crippen molar-refractivity contribution in [1.82, 2.24) is 0 Å².